The summed E-state index contributed by atoms with van der Waals surface area (Å²) >= 11 is 0. The summed E-state index contributed by atoms with van der Waals surface area (Å²) in [4.78, 5) is 0. The largest absolute Gasteiger partial charge is 0.378 e. The van der Waals surface area contributed by atoms with Gasteiger partial charge in [0, 0.05) is 5.69 Å². The highest BCUT2D eigenvalue weighted by Gasteiger charge is 2.32. The normalized spacial score (nSPS) is 15.8. The third-order valence-corrected chi connectivity index (χ3v) is 4.51. The van der Waals surface area contributed by atoms with E-state index in [-0.39, 0.29) is 0 Å². The maximum atomic E-state index is 3.84. The molecule has 1 aliphatic rings. The molecular formula is C20H25N. The highest BCUT2D eigenvalue weighted by Crippen LogP contribution is 2.43. The SMILES string of the molecule is Cc1ccc(C(Nc2c(C)cc(C)cc2C)C2CC2)cc1. The van der Waals surface area contributed by atoms with Crippen molar-refractivity contribution in [3.63, 3.8) is 0 Å². The summed E-state index contributed by atoms with van der Waals surface area (Å²) < 4.78 is 0. The molecule has 0 spiro atoms. The standard InChI is InChI=1S/C20H25N/c1-13-5-7-17(8-6-13)20(18-9-10-18)21-19-15(3)11-14(2)12-16(19)4/h5-8,11-12,18,20-21H,9-10H2,1-4H3. The fraction of sp³-hybridized carbons (Fsp3) is 0.400. The Kier molecular flexibility index (Phi) is 3.75. The Hall–Kier alpha value is -1.76. The number of aryl methyl sites for hydroxylation is 4. The molecule has 1 nitrogen and oxygen atoms in total. The van der Waals surface area contributed by atoms with Crippen LogP contribution >= 0.6 is 0 Å². The van der Waals surface area contributed by atoms with Gasteiger partial charge in [-0.25, -0.2) is 0 Å². The van der Waals surface area contributed by atoms with E-state index in [4.69, 9.17) is 0 Å². The van der Waals surface area contributed by atoms with E-state index in [0.29, 0.717) is 6.04 Å². The molecule has 0 aromatic heterocycles. The van der Waals surface area contributed by atoms with Gasteiger partial charge in [0.05, 0.1) is 6.04 Å². The number of rotatable bonds is 4. The van der Waals surface area contributed by atoms with Crippen LogP contribution in [0.15, 0.2) is 36.4 Å². The first-order chi connectivity index (χ1) is 10.0. The van der Waals surface area contributed by atoms with Crippen LogP contribution in [0.2, 0.25) is 0 Å². The van der Waals surface area contributed by atoms with Crippen molar-refractivity contribution in [1.29, 1.82) is 0 Å². The van der Waals surface area contributed by atoms with Crippen LogP contribution < -0.4 is 5.32 Å². The molecule has 0 saturated heterocycles. The summed E-state index contributed by atoms with van der Waals surface area (Å²) in [6.07, 6.45) is 2.69. The third-order valence-electron chi connectivity index (χ3n) is 4.51. The molecule has 1 heteroatoms. The monoisotopic (exact) mass is 279 g/mol. The molecule has 1 fully saturated rings. The van der Waals surface area contributed by atoms with Gasteiger partial charge in [0.1, 0.15) is 0 Å². The Morgan fingerprint density at radius 2 is 1.43 bits per heavy atom. The second kappa shape index (κ2) is 5.55. The van der Waals surface area contributed by atoms with Gasteiger partial charge in [-0.3, -0.25) is 0 Å². The summed E-state index contributed by atoms with van der Waals surface area (Å²) in [5.74, 6) is 0.785. The molecular weight excluding hydrogens is 254 g/mol. The number of anilines is 1. The van der Waals surface area contributed by atoms with Gasteiger partial charge in [-0.05, 0) is 63.1 Å². The summed E-state index contributed by atoms with van der Waals surface area (Å²) in [5, 5.41) is 3.84. The average Bonchev–Trinajstić information content (AvgIpc) is 3.24. The predicted molar refractivity (Wildman–Crippen MR) is 90.9 cm³/mol. The first-order valence-electron chi connectivity index (χ1n) is 7.95. The van der Waals surface area contributed by atoms with E-state index in [1.165, 1.54) is 46.3 Å². The Bertz CT molecular complexity index is 612. The molecule has 0 bridgehead atoms. The maximum Gasteiger partial charge on any atom is 0.0542 e. The van der Waals surface area contributed by atoms with Crippen LogP contribution in [0.1, 0.15) is 46.7 Å². The highest BCUT2D eigenvalue weighted by molar-refractivity contribution is 5.59. The minimum atomic E-state index is 0.450. The molecule has 3 rings (SSSR count). The van der Waals surface area contributed by atoms with Crippen LogP contribution in [0.3, 0.4) is 0 Å². The van der Waals surface area contributed by atoms with Crippen molar-refractivity contribution >= 4 is 5.69 Å². The average molecular weight is 279 g/mol. The van der Waals surface area contributed by atoms with Crippen molar-refractivity contribution in [2.45, 2.75) is 46.6 Å². The lowest BCUT2D eigenvalue weighted by atomic mass is 9.98. The van der Waals surface area contributed by atoms with Crippen LogP contribution in [-0.4, -0.2) is 0 Å². The van der Waals surface area contributed by atoms with Crippen molar-refractivity contribution in [3.8, 4) is 0 Å². The van der Waals surface area contributed by atoms with Crippen molar-refractivity contribution in [2.24, 2.45) is 5.92 Å². The quantitative estimate of drug-likeness (QED) is 0.781. The zero-order chi connectivity index (χ0) is 15.0. The fourth-order valence-electron chi connectivity index (χ4n) is 3.24. The summed E-state index contributed by atoms with van der Waals surface area (Å²) in [7, 11) is 0. The predicted octanol–water partition coefficient (Wildman–Crippen LogP) is 5.48. The van der Waals surface area contributed by atoms with Gasteiger partial charge < -0.3 is 5.32 Å². The van der Waals surface area contributed by atoms with Crippen LogP contribution in [0.25, 0.3) is 0 Å². The molecule has 1 saturated carbocycles. The molecule has 1 atom stereocenters. The van der Waals surface area contributed by atoms with Crippen LogP contribution in [0.5, 0.6) is 0 Å². The van der Waals surface area contributed by atoms with Crippen molar-refractivity contribution in [2.75, 3.05) is 5.32 Å². The van der Waals surface area contributed by atoms with Crippen molar-refractivity contribution in [3.05, 3.63) is 64.2 Å². The molecule has 1 aliphatic carbocycles. The number of hydrogen-bond donors (Lipinski definition) is 1. The molecule has 1 N–H and O–H groups in total. The van der Waals surface area contributed by atoms with Gasteiger partial charge in [-0.2, -0.15) is 0 Å². The number of benzene rings is 2. The lowest BCUT2D eigenvalue weighted by Crippen LogP contribution is -2.14. The summed E-state index contributed by atoms with van der Waals surface area (Å²) in [6, 6.07) is 14.0. The summed E-state index contributed by atoms with van der Waals surface area (Å²) in [6.45, 7) is 8.74. The first kappa shape index (κ1) is 14.2. The second-order valence-electron chi connectivity index (χ2n) is 6.64. The van der Waals surface area contributed by atoms with Gasteiger partial charge in [-0.15, -0.1) is 0 Å². The van der Waals surface area contributed by atoms with E-state index in [2.05, 4.69) is 69.4 Å². The third kappa shape index (κ3) is 3.12. The Morgan fingerprint density at radius 1 is 0.857 bits per heavy atom. The van der Waals surface area contributed by atoms with Gasteiger partial charge in [-0.1, -0.05) is 47.5 Å². The van der Waals surface area contributed by atoms with Crippen molar-refractivity contribution in [1.82, 2.24) is 0 Å². The lowest BCUT2D eigenvalue weighted by Gasteiger charge is -2.23. The molecule has 0 heterocycles. The summed E-state index contributed by atoms with van der Waals surface area (Å²) in [5.41, 5.74) is 8.11. The topological polar surface area (TPSA) is 12.0 Å². The number of nitrogens with one attached hydrogen (secondary N) is 1. The minimum Gasteiger partial charge on any atom is -0.378 e. The number of hydrogen-bond acceptors (Lipinski definition) is 1. The molecule has 0 amide bonds. The minimum absolute atomic E-state index is 0.450. The second-order valence-corrected chi connectivity index (χ2v) is 6.64. The van der Waals surface area contributed by atoms with Gasteiger partial charge in [0.2, 0.25) is 0 Å². The van der Waals surface area contributed by atoms with Gasteiger partial charge >= 0.3 is 0 Å². The molecule has 2 aromatic carbocycles. The highest BCUT2D eigenvalue weighted by atomic mass is 14.9. The van der Waals surface area contributed by atoms with Crippen LogP contribution in [-0.2, 0) is 0 Å². The van der Waals surface area contributed by atoms with E-state index < -0.39 is 0 Å². The Labute approximate surface area is 128 Å². The molecule has 0 aliphatic heterocycles. The molecule has 2 aromatic rings. The van der Waals surface area contributed by atoms with Gasteiger partial charge in [0.15, 0.2) is 0 Å². The Morgan fingerprint density at radius 3 is 1.95 bits per heavy atom. The Balaban J connectivity index is 1.91. The van der Waals surface area contributed by atoms with Gasteiger partial charge in [0.25, 0.3) is 0 Å². The van der Waals surface area contributed by atoms with E-state index >= 15 is 0 Å². The van der Waals surface area contributed by atoms with Crippen molar-refractivity contribution < 1.29 is 0 Å². The zero-order valence-electron chi connectivity index (χ0n) is 13.5. The maximum absolute atomic E-state index is 3.84. The molecule has 110 valence electrons. The smallest absolute Gasteiger partial charge is 0.0542 e. The fourth-order valence-corrected chi connectivity index (χ4v) is 3.24. The molecule has 1 unspecified atom stereocenters. The van der Waals surface area contributed by atoms with E-state index in [1.54, 1.807) is 0 Å². The molecule has 0 radical (unpaired) electrons. The van der Waals surface area contributed by atoms with Crippen LogP contribution in [0, 0.1) is 33.6 Å². The molecule has 21 heavy (non-hydrogen) atoms. The van der Waals surface area contributed by atoms with E-state index in [1.807, 2.05) is 0 Å². The van der Waals surface area contributed by atoms with E-state index in [0.717, 1.165) is 5.92 Å². The zero-order valence-corrected chi connectivity index (χ0v) is 13.5. The van der Waals surface area contributed by atoms with E-state index in [9.17, 15) is 0 Å². The lowest BCUT2D eigenvalue weighted by molar-refractivity contribution is 0.677. The first-order valence-corrected chi connectivity index (χ1v) is 7.95. The van der Waals surface area contributed by atoms with Crippen LogP contribution in [0.4, 0.5) is 5.69 Å².